The molecule has 3 N–H and O–H groups in total. The molecule has 5 heteroatoms. The van der Waals surface area contributed by atoms with Crippen molar-refractivity contribution in [1.82, 2.24) is 10.6 Å². The molecule has 0 fully saturated rings. The number of hydrogen-bond donors (Lipinski definition) is 3. The van der Waals surface area contributed by atoms with Crippen LogP contribution in [0.25, 0.3) is 0 Å². The van der Waals surface area contributed by atoms with Crippen LogP contribution in [0.3, 0.4) is 0 Å². The van der Waals surface area contributed by atoms with Crippen molar-refractivity contribution in [1.29, 1.82) is 0 Å². The number of methoxy groups -OCH3 is 1. The first-order chi connectivity index (χ1) is 11.6. The van der Waals surface area contributed by atoms with Gasteiger partial charge in [-0.2, -0.15) is 0 Å². The van der Waals surface area contributed by atoms with Crippen LogP contribution < -0.4 is 15.4 Å². The molecule has 0 aliphatic rings. The maximum Gasteiger partial charge on any atom is 0.191 e. The van der Waals surface area contributed by atoms with Crippen LogP contribution in [0.2, 0.25) is 0 Å². The molecule has 0 spiro atoms. The van der Waals surface area contributed by atoms with Crippen LogP contribution >= 0.6 is 0 Å². The molecular weight excluding hydrogens is 302 g/mol. The molecule has 0 amide bonds. The van der Waals surface area contributed by atoms with Gasteiger partial charge in [-0.05, 0) is 25.8 Å². The molecule has 1 rings (SSSR count). The SMILES string of the molecule is CCCC(O)(CCC)CNC(=NCc1ccccc1OC)NCC. The highest BCUT2D eigenvalue weighted by Crippen LogP contribution is 2.19. The third-order valence-corrected chi connectivity index (χ3v) is 3.96. The van der Waals surface area contributed by atoms with E-state index in [0.29, 0.717) is 19.0 Å². The monoisotopic (exact) mass is 335 g/mol. The smallest absolute Gasteiger partial charge is 0.191 e. The molecule has 0 aliphatic heterocycles. The third-order valence-electron chi connectivity index (χ3n) is 3.96. The van der Waals surface area contributed by atoms with Crippen molar-refractivity contribution in [2.45, 2.75) is 58.6 Å². The number of nitrogens with zero attached hydrogens (tertiary/aromatic N) is 1. The van der Waals surface area contributed by atoms with Gasteiger partial charge in [-0.15, -0.1) is 0 Å². The maximum absolute atomic E-state index is 10.7. The Hall–Kier alpha value is -1.75. The van der Waals surface area contributed by atoms with Gasteiger partial charge in [0, 0.05) is 18.7 Å². The zero-order chi connectivity index (χ0) is 17.8. The Kier molecular flexibility index (Phi) is 9.23. The predicted molar refractivity (Wildman–Crippen MR) is 101 cm³/mol. The van der Waals surface area contributed by atoms with E-state index in [1.54, 1.807) is 7.11 Å². The van der Waals surface area contributed by atoms with E-state index in [9.17, 15) is 5.11 Å². The van der Waals surface area contributed by atoms with Crippen molar-refractivity contribution >= 4 is 5.96 Å². The number of para-hydroxylation sites is 1. The van der Waals surface area contributed by atoms with Crippen LogP contribution in [0, 0.1) is 0 Å². The normalized spacial score (nSPS) is 12.1. The predicted octanol–water partition coefficient (Wildman–Crippen LogP) is 3.08. The minimum Gasteiger partial charge on any atom is -0.496 e. The van der Waals surface area contributed by atoms with Crippen molar-refractivity contribution in [2.75, 3.05) is 20.2 Å². The highest BCUT2D eigenvalue weighted by Gasteiger charge is 2.24. The topological polar surface area (TPSA) is 65.9 Å². The summed E-state index contributed by atoms with van der Waals surface area (Å²) in [6.45, 7) is 8.04. The van der Waals surface area contributed by atoms with Crippen molar-refractivity contribution in [2.24, 2.45) is 4.99 Å². The molecule has 0 bridgehead atoms. The van der Waals surface area contributed by atoms with E-state index in [4.69, 9.17) is 4.74 Å². The molecule has 0 unspecified atom stereocenters. The zero-order valence-corrected chi connectivity index (χ0v) is 15.6. The number of aliphatic imine (C=N–C) groups is 1. The summed E-state index contributed by atoms with van der Waals surface area (Å²) in [5.41, 5.74) is 0.360. The summed E-state index contributed by atoms with van der Waals surface area (Å²) < 4.78 is 5.37. The molecule has 0 saturated carbocycles. The summed E-state index contributed by atoms with van der Waals surface area (Å²) in [5.74, 6) is 1.56. The summed E-state index contributed by atoms with van der Waals surface area (Å²) in [5, 5.41) is 17.3. The van der Waals surface area contributed by atoms with Crippen molar-refractivity contribution < 1.29 is 9.84 Å². The lowest BCUT2D eigenvalue weighted by atomic mass is 9.93. The number of nitrogens with one attached hydrogen (secondary N) is 2. The van der Waals surface area contributed by atoms with Gasteiger partial charge >= 0.3 is 0 Å². The van der Waals surface area contributed by atoms with Crippen molar-refractivity contribution in [3.8, 4) is 5.75 Å². The first-order valence-corrected chi connectivity index (χ1v) is 8.95. The van der Waals surface area contributed by atoms with E-state index in [2.05, 4.69) is 29.5 Å². The molecular formula is C19H33N3O2. The highest BCUT2D eigenvalue weighted by atomic mass is 16.5. The number of guanidine groups is 1. The zero-order valence-electron chi connectivity index (χ0n) is 15.6. The molecule has 24 heavy (non-hydrogen) atoms. The van der Waals surface area contributed by atoms with Gasteiger partial charge in [0.15, 0.2) is 5.96 Å². The van der Waals surface area contributed by atoms with Gasteiger partial charge in [-0.25, -0.2) is 4.99 Å². The lowest BCUT2D eigenvalue weighted by Crippen LogP contribution is -2.47. The van der Waals surface area contributed by atoms with E-state index in [1.165, 1.54) is 0 Å². The number of ether oxygens (including phenoxy) is 1. The minimum atomic E-state index is -0.676. The lowest BCUT2D eigenvalue weighted by Gasteiger charge is -2.28. The lowest BCUT2D eigenvalue weighted by molar-refractivity contribution is 0.0257. The number of hydrogen-bond acceptors (Lipinski definition) is 3. The summed E-state index contributed by atoms with van der Waals surface area (Å²) in [6, 6.07) is 7.88. The van der Waals surface area contributed by atoms with Gasteiger partial charge in [0.25, 0.3) is 0 Å². The van der Waals surface area contributed by atoms with Crippen LogP contribution in [0.1, 0.15) is 52.0 Å². The first kappa shape index (κ1) is 20.3. The maximum atomic E-state index is 10.7. The quantitative estimate of drug-likeness (QED) is 0.454. The van der Waals surface area contributed by atoms with Crippen LogP contribution in [-0.4, -0.2) is 36.9 Å². The molecule has 0 aliphatic carbocycles. The summed E-state index contributed by atoms with van der Waals surface area (Å²) in [6.07, 6.45) is 3.51. The van der Waals surface area contributed by atoms with Gasteiger partial charge in [0.05, 0.1) is 19.3 Å². The van der Waals surface area contributed by atoms with Gasteiger partial charge in [-0.3, -0.25) is 0 Å². The molecule has 0 aromatic heterocycles. The Labute approximate surface area is 146 Å². The van der Waals surface area contributed by atoms with Gasteiger partial charge in [-0.1, -0.05) is 44.9 Å². The largest absolute Gasteiger partial charge is 0.496 e. The average molecular weight is 335 g/mol. The Morgan fingerprint density at radius 1 is 1.12 bits per heavy atom. The molecule has 0 radical (unpaired) electrons. The summed E-state index contributed by atoms with van der Waals surface area (Å²) in [7, 11) is 1.67. The van der Waals surface area contributed by atoms with Crippen molar-refractivity contribution in [3.05, 3.63) is 29.8 Å². The van der Waals surface area contributed by atoms with Gasteiger partial charge < -0.3 is 20.5 Å². The van der Waals surface area contributed by atoms with Gasteiger partial charge in [0.2, 0.25) is 0 Å². The molecule has 0 heterocycles. The minimum absolute atomic E-state index is 0.506. The standard InChI is InChI=1S/C19H33N3O2/c1-5-12-19(23,13-6-2)15-22-18(20-7-3)21-14-16-10-8-9-11-17(16)24-4/h8-11,23H,5-7,12-15H2,1-4H3,(H2,20,21,22). The summed E-state index contributed by atoms with van der Waals surface area (Å²) in [4.78, 5) is 4.62. The molecule has 1 aromatic rings. The average Bonchev–Trinajstić information content (AvgIpc) is 2.58. The second-order valence-corrected chi connectivity index (χ2v) is 6.08. The van der Waals surface area contributed by atoms with Gasteiger partial charge in [0.1, 0.15) is 5.75 Å². The fourth-order valence-corrected chi connectivity index (χ4v) is 2.82. The van der Waals surface area contributed by atoms with E-state index in [-0.39, 0.29) is 0 Å². The first-order valence-electron chi connectivity index (χ1n) is 8.95. The molecule has 1 aromatic carbocycles. The Morgan fingerprint density at radius 3 is 2.38 bits per heavy atom. The van der Waals surface area contributed by atoms with Crippen LogP contribution in [0.5, 0.6) is 5.75 Å². The molecule has 136 valence electrons. The fraction of sp³-hybridized carbons (Fsp3) is 0.632. The number of rotatable bonds is 10. The molecule has 0 saturated heterocycles. The summed E-state index contributed by atoms with van der Waals surface area (Å²) >= 11 is 0. The molecule has 5 nitrogen and oxygen atoms in total. The van der Waals surface area contributed by atoms with Crippen LogP contribution in [-0.2, 0) is 6.54 Å². The van der Waals surface area contributed by atoms with E-state index in [0.717, 1.165) is 43.5 Å². The van der Waals surface area contributed by atoms with E-state index >= 15 is 0 Å². The second kappa shape index (κ2) is 10.9. The fourth-order valence-electron chi connectivity index (χ4n) is 2.82. The van der Waals surface area contributed by atoms with Crippen LogP contribution in [0.4, 0.5) is 0 Å². The Balaban J connectivity index is 2.74. The second-order valence-electron chi connectivity index (χ2n) is 6.08. The number of aliphatic hydroxyl groups is 1. The third kappa shape index (κ3) is 6.79. The van der Waals surface area contributed by atoms with E-state index < -0.39 is 5.60 Å². The van der Waals surface area contributed by atoms with Crippen molar-refractivity contribution in [3.63, 3.8) is 0 Å². The van der Waals surface area contributed by atoms with E-state index in [1.807, 2.05) is 31.2 Å². The van der Waals surface area contributed by atoms with Crippen LogP contribution in [0.15, 0.2) is 29.3 Å². The molecule has 0 atom stereocenters. The highest BCUT2D eigenvalue weighted by molar-refractivity contribution is 5.79. The number of benzene rings is 1. The Bertz CT molecular complexity index is 497. The Morgan fingerprint density at radius 2 is 1.79 bits per heavy atom.